The highest BCUT2D eigenvalue weighted by Crippen LogP contribution is 2.23. The molecule has 3 heteroatoms. The van der Waals surface area contributed by atoms with Crippen LogP contribution in [-0.4, -0.2) is 16.9 Å². The topological polar surface area (TPSA) is 54.4 Å². The zero-order valence-corrected chi connectivity index (χ0v) is 8.70. The summed E-state index contributed by atoms with van der Waals surface area (Å²) in [5.74, 6) is -0.862. The highest BCUT2D eigenvalue weighted by atomic mass is 16.4. The van der Waals surface area contributed by atoms with E-state index in [0.29, 0.717) is 6.42 Å². The average Bonchev–Trinajstić information content (AvgIpc) is 2.00. The second-order valence-electron chi connectivity index (χ2n) is 3.87. The van der Waals surface area contributed by atoms with Crippen LogP contribution < -0.4 is 0 Å². The molecule has 3 unspecified atom stereocenters. The maximum absolute atomic E-state index is 10.8. The summed E-state index contributed by atoms with van der Waals surface area (Å²) in [5.41, 5.74) is 0. The third-order valence-electron chi connectivity index (χ3n) is 2.69. The first-order valence-corrected chi connectivity index (χ1v) is 4.58. The maximum Gasteiger partial charge on any atom is 0.306 e. The summed E-state index contributed by atoms with van der Waals surface area (Å²) in [7, 11) is 0. The van der Waals surface area contributed by atoms with Gasteiger partial charge in [-0.2, -0.15) is 0 Å². The van der Waals surface area contributed by atoms with Gasteiger partial charge in [0.1, 0.15) is 5.78 Å². The van der Waals surface area contributed by atoms with Crippen molar-refractivity contribution in [1.82, 2.24) is 0 Å². The van der Waals surface area contributed by atoms with Crippen molar-refractivity contribution in [1.29, 1.82) is 0 Å². The molecular weight excluding hydrogens is 168 g/mol. The highest BCUT2D eigenvalue weighted by molar-refractivity contribution is 5.76. The summed E-state index contributed by atoms with van der Waals surface area (Å²) in [6, 6.07) is 0. The molecule has 0 aliphatic carbocycles. The molecule has 0 aromatic rings. The molecule has 0 aromatic heterocycles. The minimum atomic E-state index is -0.789. The first kappa shape index (κ1) is 12.1. The van der Waals surface area contributed by atoms with E-state index in [1.165, 1.54) is 6.92 Å². The number of carbonyl (C=O) groups excluding carboxylic acids is 1. The highest BCUT2D eigenvalue weighted by Gasteiger charge is 2.24. The van der Waals surface area contributed by atoms with E-state index in [4.69, 9.17) is 5.11 Å². The number of carbonyl (C=O) groups is 2. The van der Waals surface area contributed by atoms with Crippen molar-refractivity contribution in [3.63, 3.8) is 0 Å². The van der Waals surface area contributed by atoms with Crippen molar-refractivity contribution in [2.45, 2.75) is 34.1 Å². The van der Waals surface area contributed by atoms with Crippen LogP contribution in [0.2, 0.25) is 0 Å². The quantitative estimate of drug-likeness (QED) is 0.714. The number of rotatable bonds is 5. The van der Waals surface area contributed by atoms with Gasteiger partial charge in [-0.05, 0) is 18.8 Å². The van der Waals surface area contributed by atoms with Gasteiger partial charge in [-0.25, -0.2) is 0 Å². The maximum atomic E-state index is 10.8. The Kier molecular flexibility index (Phi) is 4.67. The van der Waals surface area contributed by atoms with Gasteiger partial charge in [0, 0.05) is 6.42 Å². The SMILES string of the molecule is CC(=O)CC(C)C(C)C(C)C(=O)O. The van der Waals surface area contributed by atoms with Gasteiger partial charge >= 0.3 is 5.97 Å². The number of hydrogen-bond acceptors (Lipinski definition) is 2. The lowest BCUT2D eigenvalue weighted by atomic mass is 9.82. The van der Waals surface area contributed by atoms with E-state index in [9.17, 15) is 9.59 Å². The van der Waals surface area contributed by atoms with Gasteiger partial charge in [0.15, 0.2) is 0 Å². The fourth-order valence-electron chi connectivity index (χ4n) is 1.36. The molecule has 0 spiro atoms. The van der Waals surface area contributed by atoms with E-state index < -0.39 is 5.97 Å². The Morgan fingerprint density at radius 1 is 1.23 bits per heavy atom. The molecule has 0 heterocycles. The summed E-state index contributed by atoms with van der Waals surface area (Å²) in [6.07, 6.45) is 0.471. The summed E-state index contributed by atoms with van der Waals surface area (Å²) in [4.78, 5) is 21.4. The standard InChI is InChI=1S/C10H18O3/c1-6(5-7(2)11)8(3)9(4)10(12)13/h6,8-9H,5H2,1-4H3,(H,12,13). The van der Waals surface area contributed by atoms with Gasteiger partial charge in [0.05, 0.1) is 5.92 Å². The number of carboxylic acids is 1. The van der Waals surface area contributed by atoms with E-state index in [1.807, 2.05) is 13.8 Å². The van der Waals surface area contributed by atoms with Crippen molar-refractivity contribution in [3.8, 4) is 0 Å². The van der Waals surface area contributed by atoms with Gasteiger partial charge < -0.3 is 9.90 Å². The van der Waals surface area contributed by atoms with Gasteiger partial charge in [0.25, 0.3) is 0 Å². The summed E-state index contributed by atoms with van der Waals surface area (Å²) < 4.78 is 0. The van der Waals surface area contributed by atoms with Crippen LogP contribution in [0.4, 0.5) is 0 Å². The minimum absolute atomic E-state index is 0.0430. The van der Waals surface area contributed by atoms with Crippen LogP contribution in [0.1, 0.15) is 34.1 Å². The summed E-state index contributed by atoms with van der Waals surface area (Å²) >= 11 is 0. The molecule has 0 saturated carbocycles. The van der Waals surface area contributed by atoms with E-state index in [-0.39, 0.29) is 23.5 Å². The molecule has 0 bridgehead atoms. The predicted octanol–water partition coefficient (Wildman–Crippen LogP) is 1.96. The number of Topliss-reactive ketones (excluding diaryl/α,β-unsaturated/α-hetero) is 1. The Hall–Kier alpha value is -0.860. The Bertz CT molecular complexity index is 198. The van der Waals surface area contributed by atoms with Crippen LogP contribution in [0.3, 0.4) is 0 Å². The number of hydrogen-bond donors (Lipinski definition) is 1. The molecule has 3 nitrogen and oxygen atoms in total. The molecule has 0 aliphatic rings. The second kappa shape index (κ2) is 5.00. The normalized spacial score (nSPS) is 17.5. The lowest BCUT2D eigenvalue weighted by molar-refractivity contribution is -0.143. The van der Waals surface area contributed by atoms with Crippen LogP contribution in [0, 0.1) is 17.8 Å². The van der Waals surface area contributed by atoms with E-state index in [2.05, 4.69) is 0 Å². The number of ketones is 1. The second-order valence-corrected chi connectivity index (χ2v) is 3.87. The number of aliphatic carboxylic acids is 1. The van der Waals surface area contributed by atoms with Crippen molar-refractivity contribution in [3.05, 3.63) is 0 Å². The largest absolute Gasteiger partial charge is 0.481 e. The van der Waals surface area contributed by atoms with Crippen LogP contribution in [-0.2, 0) is 9.59 Å². The van der Waals surface area contributed by atoms with E-state index >= 15 is 0 Å². The molecule has 0 aliphatic heterocycles. The van der Waals surface area contributed by atoms with Crippen molar-refractivity contribution in [2.75, 3.05) is 0 Å². The minimum Gasteiger partial charge on any atom is -0.481 e. The van der Waals surface area contributed by atoms with Crippen molar-refractivity contribution >= 4 is 11.8 Å². The van der Waals surface area contributed by atoms with Gasteiger partial charge in [-0.3, -0.25) is 4.79 Å². The third kappa shape index (κ3) is 4.06. The lowest BCUT2D eigenvalue weighted by Gasteiger charge is -2.22. The molecule has 0 rings (SSSR count). The smallest absolute Gasteiger partial charge is 0.306 e. The van der Waals surface area contributed by atoms with E-state index in [0.717, 1.165) is 0 Å². The summed E-state index contributed by atoms with van der Waals surface area (Å²) in [6.45, 7) is 7.02. The number of carboxylic acid groups (broad SMARTS) is 1. The molecule has 0 fully saturated rings. The molecule has 0 amide bonds. The first-order chi connectivity index (χ1) is 5.86. The molecule has 1 N–H and O–H groups in total. The fourth-order valence-corrected chi connectivity index (χ4v) is 1.36. The zero-order chi connectivity index (χ0) is 10.6. The van der Waals surface area contributed by atoms with Crippen LogP contribution in [0.5, 0.6) is 0 Å². The Morgan fingerprint density at radius 2 is 1.69 bits per heavy atom. The zero-order valence-electron chi connectivity index (χ0n) is 8.70. The van der Waals surface area contributed by atoms with Crippen LogP contribution >= 0.6 is 0 Å². The predicted molar refractivity (Wildman–Crippen MR) is 50.4 cm³/mol. The summed E-state index contributed by atoms with van der Waals surface area (Å²) in [5, 5.41) is 8.75. The third-order valence-corrected chi connectivity index (χ3v) is 2.69. The average molecular weight is 186 g/mol. The molecule has 0 radical (unpaired) electrons. The Morgan fingerprint density at radius 3 is 2.00 bits per heavy atom. The molecule has 3 atom stereocenters. The van der Waals surface area contributed by atoms with E-state index in [1.54, 1.807) is 6.92 Å². The molecular formula is C10H18O3. The fraction of sp³-hybridized carbons (Fsp3) is 0.800. The van der Waals surface area contributed by atoms with Crippen LogP contribution in [0.15, 0.2) is 0 Å². The monoisotopic (exact) mass is 186 g/mol. The van der Waals surface area contributed by atoms with Crippen LogP contribution in [0.25, 0.3) is 0 Å². The van der Waals surface area contributed by atoms with Crippen molar-refractivity contribution < 1.29 is 14.7 Å². The molecule has 13 heavy (non-hydrogen) atoms. The van der Waals surface area contributed by atoms with Gasteiger partial charge in [0.2, 0.25) is 0 Å². The Labute approximate surface area is 79.1 Å². The van der Waals surface area contributed by atoms with Crippen molar-refractivity contribution in [2.24, 2.45) is 17.8 Å². The molecule has 76 valence electrons. The molecule has 0 aromatic carbocycles. The Balaban J connectivity index is 4.16. The van der Waals surface area contributed by atoms with Gasteiger partial charge in [-0.1, -0.05) is 20.8 Å². The molecule has 0 saturated heterocycles. The van der Waals surface area contributed by atoms with Gasteiger partial charge in [-0.15, -0.1) is 0 Å². The lowest BCUT2D eigenvalue weighted by Crippen LogP contribution is -2.24. The first-order valence-electron chi connectivity index (χ1n) is 4.58.